The Balaban J connectivity index is 2.20. The lowest BCUT2D eigenvalue weighted by Gasteiger charge is -2.08. The largest absolute Gasteiger partial charge is 0.416 e. The number of carbonyl (C=O) groups is 1. The number of benzene rings is 1. The summed E-state index contributed by atoms with van der Waals surface area (Å²) >= 11 is 5.66. The van der Waals surface area contributed by atoms with Gasteiger partial charge in [-0.05, 0) is 30.3 Å². The normalized spacial score (nSPS) is 11.2. The number of nitrogens with one attached hydrogen (secondary N) is 2. The number of hydrogen-bond acceptors (Lipinski definition) is 2. The third kappa shape index (κ3) is 3.63. The smallest absolute Gasteiger partial charge is 0.327 e. The van der Waals surface area contributed by atoms with Crippen LogP contribution in [0.1, 0.15) is 15.9 Å². The van der Waals surface area contributed by atoms with E-state index >= 15 is 0 Å². The van der Waals surface area contributed by atoms with Crippen LogP contribution in [0.25, 0.3) is 0 Å². The van der Waals surface area contributed by atoms with Crippen molar-refractivity contribution in [2.45, 2.75) is 6.18 Å². The zero-order chi connectivity index (χ0) is 15.6. The summed E-state index contributed by atoms with van der Waals surface area (Å²) in [6.07, 6.45) is -3.23. The van der Waals surface area contributed by atoms with Crippen LogP contribution in [-0.2, 0) is 6.18 Å². The van der Waals surface area contributed by atoms with Crippen LogP contribution in [0.2, 0.25) is 5.02 Å². The van der Waals surface area contributed by atoms with Gasteiger partial charge < -0.3 is 10.3 Å². The number of anilines is 1. The molecule has 2 N–H and O–H groups in total. The van der Waals surface area contributed by atoms with Gasteiger partial charge in [0.2, 0.25) is 0 Å². The molecule has 110 valence electrons. The molecule has 2 rings (SSSR count). The standard InChI is InChI=1S/C13H8ClF3N2O2/c14-8-5-10(11(20)18-6-8)12(21)19-9-3-1-7(2-4-9)13(15,16)17/h1-6H,(H,18,20)(H,19,21). The first kappa shape index (κ1) is 15.1. The molecule has 0 saturated carbocycles. The fourth-order valence-corrected chi connectivity index (χ4v) is 1.73. The van der Waals surface area contributed by atoms with E-state index in [-0.39, 0.29) is 16.3 Å². The number of carbonyl (C=O) groups excluding carboxylic acids is 1. The SMILES string of the molecule is O=C(Nc1ccc(C(F)(F)F)cc1)c1cc(Cl)c[nH]c1=O. The van der Waals surface area contributed by atoms with E-state index in [0.717, 1.165) is 24.3 Å². The molecule has 0 aliphatic rings. The summed E-state index contributed by atoms with van der Waals surface area (Å²) in [5, 5.41) is 2.48. The number of pyridine rings is 1. The molecule has 1 amide bonds. The number of rotatable bonds is 2. The fourth-order valence-electron chi connectivity index (χ4n) is 1.57. The van der Waals surface area contributed by atoms with Gasteiger partial charge in [-0.1, -0.05) is 11.6 Å². The molecule has 0 aliphatic heterocycles. The van der Waals surface area contributed by atoms with Gasteiger partial charge in [-0.25, -0.2) is 0 Å². The van der Waals surface area contributed by atoms with Crippen molar-refractivity contribution in [2.24, 2.45) is 0 Å². The molecule has 0 unspecified atom stereocenters. The van der Waals surface area contributed by atoms with Crippen LogP contribution in [0.4, 0.5) is 18.9 Å². The highest BCUT2D eigenvalue weighted by atomic mass is 35.5. The van der Waals surface area contributed by atoms with Crippen molar-refractivity contribution in [1.29, 1.82) is 0 Å². The molecule has 1 aromatic heterocycles. The Labute approximate surface area is 121 Å². The van der Waals surface area contributed by atoms with E-state index < -0.39 is 23.2 Å². The Bertz CT molecular complexity index is 723. The van der Waals surface area contributed by atoms with E-state index in [4.69, 9.17) is 11.6 Å². The molecule has 1 aromatic carbocycles. The Kier molecular flexibility index (Phi) is 4.04. The Morgan fingerprint density at radius 3 is 2.38 bits per heavy atom. The van der Waals surface area contributed by atoms with Crippen LogP contribution in [0.15, 0.2) is 41.3 Å². The summed E-state index contributed by atoms with van der Waals surface area (Å²) in [7, 11) is 0. The van der Waals surface area contributed by atoms with Gasteiger partial charge in [0.1, 0.15) is 5.56 Å². The molecule has 2 aromatic rings. The predicted octanol–water partition coefficient (Wildman–Crippen LogP) is 3.30. The summed E-state index contributed by atoms with van der Waals surface area (Å²) in [4.78, 5) is 25.6. The van der Waals surface area contributed by atoms with Crippen molar-refractivity contribution < 1.29 is 18.0 Å². The highest BCUT2D eigenvalue weighted by Gasteiger charge is 2.30. The lowest BCUT2D eigenvalue weighted by molar-refractivity contribution is -0.137. The maximum atomic E-state index is 12.4. The summed E-state index contributed by atoms with van der Waals surface area (Å²) in [5.74, 6) is -0.765. The minimum atomic E-state index is -4.45. The lowest BCUT2D eigenvalue weighted by Crippen LogP contribution is -2.22. The first-order valence-electron chi connectivity index (χ1n) is 5.64. The molecule has 0 fully saturated rings. The Hall–Kier alpha value is -2.28. The number of H-pyrrole nitrogens is 1. The van der Waals surface area contributed by atoms with Gasteiger partial charge >= 0.3 is 6.18 Å². The highest BCUT2D eigenvalue weighted by Crippen LogP contribution is 2.29. The van der Waals surface area contributed by atoms with Crippen LogP contribution < -0.4 is 10.9 Å². The van der Waals surface area contributed by atoms with E-state index in [0.29, 0.717) is 0 Å². The summed E-state index contributed by atoms with van der Waals surface area (Å²) in [6, 6.07) is 5.02. The van der Waals surface area contributed by atoms with Gasteiger partial charge in [-0.2, -0.15) is 13.2 Å². The second-order valence-electron chi connectivity index (χ2n) is 4.09. The molecule has 0 atom stereocenters. The molecule has 8 heteroatoms. The topological polar surface area (TPSA) is 62.0 Å². The van der Waals surface area contributed by atoms with E-state index in [1.54, 1.807) is 0 Å². The van der Waals surface area contributed by atoms with E-state index in [9.17, 15) is 22.8 Å². The van der Waals surface area contributed by atoms with Crippen molar-refractivity contribution in [2.75, 3.05) is 5.32 Å². The van der Waals surface area contributed by atoms with Gasteiger partial charge in [0.05, 0.1) is 10.6 Å². The van der Waals surface area contributed by atoms with Crippen molar-refractivity contribution in [1.82, 2.24) is 4.98 Å². The first-order valence-corrected chi connectivity index (χ1v) is 6.02. The van der Waals surface area contributed by atoms with Crippen LogP contribution in [0, 0.1) is 0 Å². The van der Waals surface area contributed by atoms with Gasteiger partial charge in [0.15, 0.2) is 0 Å². The lowest BCUT2D eigenvalue weighted by atomic mass is 10.2. The second-order valence-corrected chi connectivity index (χ2v) is 4.53. The van der Waals surface area contributed by atoms with Gasteiger partial charge in [-0.3, -0.25) is 9.59 Å². The van der Waals surface area contributed by atoms with Crippen LogP contribution >= 0.6 is 11.6 Å². The van der Waals surface area contributed by atoms with Crippen LogP contribution in [-0.4, -0.2) is 10.9 Å². The monoisotopic (exact) mass is 316 g/mol. The third-order valence-electron chi connectivity index (χ3n) is 2.58. The van der Waals surface area contributed by atoms with Crippen LogP contribution in [0.3, 0.4) is 0 Å². The summed E-state index contributed by atoms with van der Waals surface area (Å²) in [5.41, 5.74) is -1.58. The van der Waals surface area contributed by atoms with E-state index in [1.807, 2.05) is 0 Å². The molecule has 1 heterocycles. The average molecular weight is 317 g/mol. The van der Waals surface area contributed by atoms with Crippen molar-refractivity contribution in [3.05, 3.63) is 63.0 Å². The highest BCUT2D eigenvalue weighted by molar-refractivity contribution is 6.30. The molecule has 0 aliphatic carbocycles. The fraction of sp³-hybridized carbons (Fsp3) is 0.0769. The number of amides is 1. The zero-order valence-corrected chi connectivity index (χ0v) is 11.0. The maximum absolute atomic E-state index is 12.4. The number of hydrogen-bond donors (Lipinski definition) is 2. The number of aromatic nitrogens is 1. The molecule has 0 radical (unpaired) electrons. The predicted molar refractivity (Wildman–Crippen MR) is 71.5 cm³/mol. The third-order valence-corrected chi connectivity index (χ3v) is 2.80. The molecule has 0 bridgehead atoms. The molecule has 4 nitrogen and oxygen atoms in total. The molecule has 21 heavy (non-hydrogen) atoms. The van der Waals surface area contributed by atoms with Crippen molar-refractivity contribution >= 4 is 23.2 Å². The maximum Gasteiger partial charge on any atom is 0.416 e. The zero-order valence-electron chi connectivity index (χ0n) is 10.3. The Morgan fingerprint density at radius 2 is 1.81 bits per heavy atom. The van der Waals surface area contributed by atoms with Crippen molar-refractivity contribution in [3.8, 4) is 0 Å². The summed E-state index contributed by atoms with van der Waals surface area (Å²) in [6.45, 7) is 0. The van der Waals surface area contributed by atoms with E-state index in [1.165, 1.54) is 12.3 Å². The number of alkyl halides is 3. The number of halogens is 4. The summed E-state index contributed by atoms with van der Waals surface area (Å²) < 4.78 is 37.2. The van der Waals surface area contributed by atoms with Gasteiger partial charge in [0.25, 0.3) is 11.5 Å². The van der Waals surface area contributed by atoms with Crippen molar-refractivity contribution in [3.63, 3.8) is 0 Å². The molecule has 0 spiro atoms. The van der Waals surface area contributed by atoms with Gasteiger partial charge in [-0.15, -0.1) is 0 Å². The minimum Gasteiger partial charge on any atom is -0.327 e. The second kappa shape index (κ2) is 5.61. The molecule has 0 saturated heterocycles. The molecular formula is C13H8ClF3N2O2. The van der Waals surface area contributed by atoms with Crippen LogP contribution in [0.5, 0.6) is 0 Å². The number of aromatic amines is 1. The Morgan fingerprint density at radius 1 is 1.19 bits per heavy atom. The quantitative estimate of drug-likeness (QED) is 0.893. The van der Waals surface area contributed by atoms with E-state index in [2.05, 4.69) is 10.3 Å². The first-order chi connectivity index (χ1) is 9.77. The molecular weight excluding hydrogens is 309 g/mol. The van der Waals surface area contributed by atoms with Gasteiger partial charge in [0, 0.05) is 11.9 Å². The minimum absolute atomic E-state index is 0.132. The average Bonchev–Trinajstić information content (AvgIpc) is 2.41.